The van der Waals surface area contributed by atoms with Gasteiger partial charge in [-0.2, -0.15) is 0 Å². The predicted molar refractivity (Wildman–Crippen MR) is 89.5 cm³/mol. The Labute approximate surface area is 128 Å². The van der Waals surface area contributed by atoms with E-state index in [0.717, 1.165) is 6.42 Å². The Morgan fingerprint density at radius 1 is 1.05 bits per heavy atom. The molecule has 0 nitrogen and oxygen atoms in total. The summed E-state index contributed by atoms with van der Waals surface area (Å²) < 4.78 is 0. The van der Waals surface area contributed by atoms with Crippen LogP contribution in [0, 0.1) is 13.8 Å². The van der Waals surface area contributed by atoms with Crippen molar-refractivity contribution in [2.75, 3.05) is 6.26 Å². The zero-order valence-corrected chi connectivity index (χ0v) is 14.0. The van der Waals surface area contributed by atoms with Gasteiger partial charge in [-0.15, -0.1) is 11.8 Å². The van der Waals surface area contributed by atoms with Crippen LogP contribution in [0.25, 0.3) is 0 Å². The molecule has 0 aliphatic heterocycles. The lowest BCUT2D eigenvalue weighted by molar-refractivity contribution is 0.934. The quantitative estimate of drug-likeness (QED) is 0.510. The van der Waals surface area contributed by atoms with Gasteiger partial charge in [0.25, 0.3) is 0 Å². The molecule has 0 heterocycles. The van der Waals surface area contributed by atoms with Gasteiger partial charge in [-0.3, -0.25) is 0 Å². The summed E-state index contributed by atoms with van der Waals surface area (Å²) in [6, 6.07) is 15.5. The summed E-state index contributed by atoms with van der Waals surface area (Å²) >= 11 is 5.60. The lowest BCUT2D eigenvalue weighted by Crippen LogP contribution is -1.98. The van der Waals surface area contributed by atoms with Gasteiger partial charge in [-0.25, -0.2) is 0 Å². The van der Waals surface area contributed by atoms with Gasteiger partial charge in [-0.1, -0.05) is 51.8 Å². The molecule has 0 spiro atoms. The molecule has 19 heavy (non-hydrogen) atoms. The molecule has 0 amide bonds. The van der Waals surface area contributed by atoms with Gasteiger partial charge in [0.1, 0.15) is 0 Å². The minimum absolute atomic E-state index is 0.379. The molecule has 0 aliphatic rings. The summed E-state index contributed by atoms with van der Waals surface area (Å²) in [5.41, 5.74) is 5.48. The normalized spacial score (nSPS) is 12.4. The van der Waals surface area contributed by atoms with Gasteiger partial charge in [0.15, 0.2) is 0 Å². The third-order valence-electron chi connectivity index (χ3n) is 3.38. The van der Waals surface area contributed by atoms with Crippen LogP contribution in [0.3, 0.4) is 0 Å². The molecule has 0 radical (unpaired) electrons. The van der Waals surface area contributed by atoms with E-state index in [-0.39, 0.29) is 0 Å². The molecule has 0 saturated carbocycles. The van der Waals surface area contributed by atoms with Gasteiger partial charge < -0.3 is 0 Å². The van der Waals surface area contributed by atoms with E-state index in [9.17, 15) is 0 Å². The first-order chi connectivity index (χ1) is 9.10. The van der Waals surface area contributed by atoms with Gasteiger partial charge in [0, 0.05) is 9.72 Å². The van der Waals surface area contributed by atoms with E-state index in [2.05, 4.69) is 78.5 Å². The summed E-state index contributed by atoms with van der Waals surface area (Å²) in [6.45, 7) is 4.34. The van der Waals surface area contributed by atoms with Crippen LogP contribution in [0.2, 0.25) is 0 Å². The van der Waals surface area contributed by atoms with Gasteiger partial charge in [0.05, 0.1) is 0 Å². The number of rotatable bonds is 4. The highest BCUT2D eigenvalue weighted by molar-refractivity contribution is 9.09. The van der Waals surface area contributed by atoms with Crippen LogP contribution in [0.1, 0.15) is 27.1 Å². The largest absolute Gasteiger partial charge is 0.130 e. The highest BCUT2D eigenvalue weighted by Gasteiger charge is 2.10. The second kappa shape index (κ2) is 6.62. The molecule has 0 N–H and O–H groups in total. The lowest BCUT2D eigenvalue weighted by Gasteiger charge is -2.13. The average Bonchev–Trinajstić information content (AvgIpc) is 2.43. The van der Waals surface area contributed by atoms with Crippen molar-refractivity contribution in [2.24, 2.45) is 0 Å². The van der Waals surface area contributed by atoms with Gasteiger partial charge in [-0.05, 0) is 55.3 Å². The fourth-order valence-corrected chi connectivity index (χ4v) is 3.21. The van der Waals surface area contributed by atoms with E-state index in [1.54, 1.807) is 11.8 Å². The standard InChI is InChI=1S/C17H19BrS/c1-12-4-5-13(2)15(10-12)11-17(18)14-6-8-16(19-3)9-7-14/h4-10,17H,11H2,1-3H3. The molecule has 100 valence electrons. The molecular formula is C17H19BrS. The minimum atomic E-state index is 0.379. The highest BCUT2D eigenvalue weighted by Crippen LogP contribution is 2.29. The first kappa shape index (κ1) is 14.7. The Bertz CT molecular complexity index is 546. The SMILES string of the molecule is CSc1ccc(C(Br)Cc2cc(C)ccc2C)cc1. The molecule has 2 aromatic carbocycles. The fourth-order valence-electron chi connectivity index (χ4n) is 2.14. The van der Waals surface area contributed by atoms with Crippen molar-refractivity contribution in [1.29, 1.82) is 0 Å². The summed E-state index contributed by atoms with van der Waals surface area (Å²) in [7, 11) is 0. The van der Waals surface area contributed by atoms with Crippen molar-refractivity contribution in [3.05, 3.63) is 64.7 Å². The summed E-state index contributed by atoms with van der Waals surface area (Å²) in [5, 5.41) is 0. The molecule has 2 rings (SSSR count). The zero-order chi connectivity index (χ0) is 13.8. The van der Waals surface area contributed by atoms with Crippen molar-refractivity contribution in [3.63, 3.8) is 0 Å². The van der Waals surface area contributed by atoms with E-state index < -0.39 is 0 Å². The molecule has 0 saturated heterocycles. The van der Waals surface area contributed by atoms with Crippen LogP contribution >= 0.6 is 27.7 Å². The minimum Gasteiger partial charge on any atom is -0.130 e. The molecule has 1 atom stereocenters. The van der Waals surface area contributed by atoms with Crippen LogP contribution < -0.4 is 0 Å². The second-order valence-corrected chi connectivity index (χ2v) is 6.86. The topological polar surface area (TPSA) is 0 Å². The van der Waals surface area contributed by atoms with Gasteiger partial charge >= 0.3 is 0 Å². The van der Waals surface area contributed by atoms with Crippen LogP contribution in [0.5, 0.6) is 0 Å². The van der Waals surface area contributed by atoms with Crippen molar-refractivity contribution >= 4 is 27.7 Å². The van der Waals surface area contributed by atoms with Crippen molar-refractivity contribution in [2.45, 2.75) is 30.0 Å². The van der Waals surface area contributed by atoms with Crippen molar-refractivity contribution in [3.8, 4) is 0 Å². The Morgan fingerprint density at radius 3 is 2.37 bits per heavy atom. The van der Waals surface area contributed by atoms with Crippen LogP contribution in [0.15, 0.2) is 47.4 Å². The third-order valence-corrected chi connectivity index (χ3v) is 4.98. The lowest BCUT2D eigenvalue weighted by atomic mass is 9.99. The number of benzene rings is 2. The number of aryl methyl sites for hydroxylation is 2. The van der Waals surface area contributed by atoms with Crippen molar-refractivity contribution < 1.29 is 0 Å². The molecule has 0 aliphatic carbocycles. The molecule has 0 fully saturated rings. The molecular weight excluding hydrogens is 316 g/mol. The molecule has 2 aromatic rings. The van der Waals surface area contributed by atoms with Gasteiger partial charge in [0.2, 0.25) is 0 Å². The Balaban J connectivity index is 2.15. The highest BCUT2D eigenvalue weighted by atomic mass is 79.9. The van der Waals surface area contributed by atoms with Crippen LogP contribution in [-0.4, -0.2) is 6.26 Å². The summed E-state index contributed by atoms with van der Waals surface area (Å²) in [5.74, 6) is 0. The number of alkyl halides is 1. The summed E-state index contributed by atoms with van der Waals surface area (Å²) in [4.78, 5) is 1.69. The van der Waals surface area contributed by atoms with E-state index in [0.29, 0.717) is 4.83 Å². The predicted octanol–water partition coefficient (Wildman–Crippen LogP) is 5.70. The van der Waals surface area contributed by atoms with E-state index >= 15 is 0 Å². The molecule has 1 unspecified atom stereocenters. The van der Waals surface area contributed by atoms with Crippen LogP contribution in [0.4, 0.5) is 0 Å². The number of hydrogen-bond donors (Lipinski definition) is 0. The fraction of sp³-hybridized carbons (Fsp3) is 0.294. The number of hydrogen-bond acceptors (Lipinski definition) is 1. The third kappa shape index (κ3) is 3.87. The number of thioether (sulfide) groups is 1. The zero-order valence-electron chi connectivity index (χ0n) is 11.6. The van der Waals surface area contributed by atoms with Crippen LogP contribution in [-0.2, 0) is 6.42 Å². The van der Waals surface area contributed by atoms with Crippen molar-refractivity contribution in [1.82, 2.24) is 0 Å². The molecule has 2 heteroatoms. The Kier molecular flexibility index (Phi) is 5.12. The van der Waals surface area contributed by atoms with E-state index in [4.69, 9.17) is 0 Å². The molecule has 0 aromatic heterocycles. The van der Waals surface area contributed by atoms with E-state index in [1.165, 1.54) is 27.1 Å². The smallest absolute Gasteiger partial charge is 0.0435 e. The second-order valence-electron chi connectivity index (χ2n) is 4.87. The monoisotopic (exact) mass is 334 g/mol. The summed E-state index contributed by atoms with van der Waals surface area (Å²) in [6.07, 6.45) is 3.14. The Morgan fingerprint density at radius 2 is 1.74 bits per heavy atom. The van der Waals surface area contributed by atoms with E-state index in [1.807, 2.05) is 0 Å². The molecule has 0 bridgehead atoms. The Hall–Kier alpha value is -0.730. The first-order valence-corrected chi connectivity index (χ1v) is 8.58. The number of halogens is 1. The maximum absolute atomic E-state index is 3.82. The maximum Gasteiger partial charge on any atom is 0.0435 e. The maximum atomic E-state index is 3.82. The first-order valence-electron chi connectivity index (χ1n) is 6.44. The average molecular weight is 335 g/mol.